The lowest BCUT2D eigenvalue weighted by Gasteiger charge is -2.41. The number of nitrogens with one attached hydrogen (secondary N) is 1. The number of anilines is 1. The van der Waals surface area contributed by atoms with E-state index in [2.05, 4.69) is 39.2 Å². The van der Waals surface area contributed by atoms with Gasteiger partial charge < -0.3 is 14.5 Å². The summed E-state index contributed by atoms with van der Waals surface area (Å²) in [4.78, 5) is 24.7. The second kappa shape index (κ2) is 9.51. The van der Waals surface area contributed by atoms with Crippen LogP contribution in [0.5, 0.6) is 0 Å². The number of amides is 2. The van der Waals surface area contributed by atoms with E-state index in [4.69, 9.17) is 9.16 Å². The maximum Gasteiger partial charge on any atom is 0.414 e. The molecule has 1 unspecified atom stereocenters. The molecule has 1 N–H and O–H groups in total. The molecule has 178 valence electrons. The molecule has 1 aromatic rings. The fourth-order valence-corrected chi connectivity index (χ4v) is 5.62. The number of ether oxygens (including phenoxy) is 1. The van der Waals surface area contributed by atoms with Crippen molar-refractivity contribution < 1.29 is 23.1 Å². The van der Waals surface area contributed by atoms with E-state index in [1.54, 1.807) is 12.1 Å². The molecule has 2 aliphatic rings. The van der Waals surface area contributed by atoms with E-state index in [-0.39, 0.29) is 41.9 Å². The number of nitrogens with zero attached hydrogens (tertiary/aromatic N) is 1. The maximum absolute atomic E-state index is 15.0. The molecule has 8 heteroatoms. The Bertz CT molecular complexity index is 847. The number of rotatable bonds is 6. The molecule has 3 rings (SSSR count). The van der Waals surface area contributed by atoms with Crippen LogP contribution in [0.15, 0.2) is 18.2 Å². The van der Waals surface area contributed by atoms with Crippen molar-refractivity contribution in [2.24, 2.45) is 0 Å². The van der Waals surface area contributed by atoms with Crippen molar-refractivity contribution >= 4 is 26.0 Å². The summed E-state index contributed by atoms with van der Waals surface area (Å²) in [7, 11) is -1.80. The van der Waals surface area contributed by atoms with Gasteiger partial charge in [-0.2, -0.15) is 0 Å². The monoisotopic (exact) mass is 464 g/mol. The molecule has 1 saturated heterocycles. The van der Waals surface area contributed by atoms with E-state index in [1.807, 2.05) is 0 Å². The Morgan fingerprint density at radius 3 is 2.47 bits per heavy atom. The van der Waals surface area contributed by atoms with Crippen LogP contribution in [0.3, 0.4) is 0 Å². The molecule has 32 heavy (non-hydrogen) atoms. The molecule has 1 aliphatic heterocycles. The molecule has 2 amide bonds. The van der Waals surface area contributed by atoms with Gasteiger partial charge in [-0.15, -0.1) is 0 Å². The number of hydrogen-bond acceptors (Lipinski definition) is 4. The van der Waals surface area contributed by atoms with Gasteiger partial charge in [0.15, 0.2) is 8.32 Å². The predicted molar refractivity (Wildman–Crippen MR) is 126 cm³/mol. The van der Waals surface area contributed by atoms with Crippen LogP contribution >= 0.6 is 0 Å². The van der Waals surface area contributed by atoms with Crippen LogP contribution < -0.4 is 10.2 Å². The standard InChI is InChI=1S/C24H37FN2O4Si/c1-16(28)26-14-20-15-27(23(29)30-20)18-9-12-21(22(25)13-18)17-7-10-19(11-8-17)31-32(5,6)24(2,3)4/h9,12-13,17,19-20H,7-8,10-11,14-15H2,1-6H3,(H,26,28). The van der Waals surface area contributed by atoms with Gasteiger partial charge in [0.05, 0.1) is 18.8 Å². The zero-order chi connectivity index (χ0) is 23.7. The molecule has 1 heterocycles. The summed E-state index contributed by atoms with van der Waals surface area (Å²) in [5, 5.41) is 2.83. The molecule has 1 atom stereocenters. The van der Waals surface area contributed by atoms with Crippen molar-refractivity contribution in [3.8, 4) is 0 Å². The van der Waals surface area contributed by atoms with Crippen LogP contribution in [0.4, 0.5) is 14.9 Å². The van der Waals surface area contributed by atoms with Gasteiger partial charge in [-0.25, -0.2) is 9.18 Å². The summed E-state index contributed by atoms with van der Waals surface area (Å²) < 4.78 is 26.9. The minimum Gasteiger partial charge on any atom is -0.442 e. The molecule has 2 fully saturated rings. The van der Waals surface area contributed by atoms with Crippen molar-refractivity contribution in [1.82, 2.24) is 5.32 Å². The van der Waals surface area contributed by atoms with E-state index in [9.17, 15) is 9.59 Å². The molecule has 0 radical (unpaired) electrons. The van der Waals surface area contributed by atoms with Gasteiger partial charge in [0.1, 0.15) is 11.9 Å². The molecule has 6 nitrogen and oxygen atoms in total. The number of hydrogen-bond donors (Lipinski definition) is 1. The Hall–Kier alpha value is -1.93. The molecular formula is C24H37FN2O4Si. The quantitative estimate of drug-likeness (QED) is 0.578. The van der Waals surface area contributed by atoms with E-state index >= 15 is 4.39 Å². The molecule has 0 aromatic heterocycles. The average molecular weight is 465 g/mol. The molecule has 0 spiro atoms. The number of cyclic esters (lactones) is 1. The molecule has 0 bridgehead atoms. The first kappa shape index (κ1) is 24.7. The minimum absolute atomic E-state index is 0.168. The second-order valence-corrected chi connectivity index (χ2v) is 15.4. The van der Waals surface area contributed by atoms with Crippen molar-refractivity contribution in [3.63, 3.8) is 0 Å². The smallest absolute Gasteiger partial charge is 0.414 e. The Morgan fingerprint density at radius 2 is 1.91 bits per heavy atom. The van der Waals surface area contributed by atoms with Crippen LogP contribution in [-0.2, 0) is 14.0 Å². The van der Waals surface area contributed by atoms with Crippen molar-refractivity contribution in [3.05, 3.63) is 29.6 Å². The Morgan fingerprint density at radius 1 is 1.25 bits per heavy atom. The number of carbonyl (C=O) groups is 2. The third-order valence-corrected chi connectivity index (χ3v) is 11.7. The first-order valence-electron chi connectivity index (χ1n) is 11.6. The van der Waals surface area contributed by atoms with Crippen molar-refractivity contribution in [2.45, 2.75) is 89.6 Å². The van der Waals surface area contributed by atoms with Gasteiger partial charge in [0.25, 0.3) is 0 Å². The van der Waals surface area contributed by atoms with Gasteiger partial charge in [0.2, 0.25) is 5.91 Å². The lowest BCUT2D eigenvalue weighted by atomic mass is 9.82. The van der Waals surface area contributed by atoms with Crippen LogP contribution in [0.25, 0.3) is 0 Å². The third kappa shape index (κ3) is 5.70. The Labute approximate surface area is 192 Å². The highest BCUT2D eigenvalue weighted by molar-refractivity contribution is 6.74. The molecule has 1 saturated carbocycles. The normalized spacial score (nSPS) is 24.4. The second-order valence-electron chi connectivity index (χ2n) is 10.6. The third-order valence-electron chi connectivity index (χ3n) is 7.13. The van der Waals surface area contributed by atoms with Gasteiger partial charge >= 0.3 is 6.09 Å². The van der Waals surface area contributed by atoms with Gasteiger partial charge in [-0.3, -0.25) is 9.69 Å². The largest absolute Gasteiger partial charge is 0.442 e. The number of halogens is 1. The van der Waals surface area contributed by atoms with Crippen LogP contribution in [0.1, 0.15) is 64.9 Å². The highest BCUT2D eigenvalue weighted by atomic mass is 28.4. The van der Waals surface area contributed by atoms with Crippen LogP contribution in [0, 0.1) is 5.82 Å². The zero-order valence-corrected chi connectivity index (χ0v) is 21.2. The summed E-state index contributed by atoms with van der Waals surface area (Å²) in [5.41, 5.74) is 1.19. The SMILES string of the molecule is CC(=O)NCC1CN(c2ccc(C3CCC(O[Si](C)(C)C(C)(C)C)CC3)c(F)c2)C(=O)O1. The lowest BCUT2D eigenvalue weighted by Crippen LogP contribution is -2.44. The van der Waals surface area contributed by atoms with E-state index in [0.29, 0.717) is 11.3 Å². The van der Waals surface area contributed by atoms with Gasteiger partial charge in [0, 0.05) is 13.0 Å². The van der Waals surface area contributed by atoms with E-state index in [1.165, 1.54) is 17.9 Å². The predicted octanol–water partition coefficient (Wildman–Crippen LogP) is 5.34. The molecule has 1 aliphatic carbocycles. The summed E-state index contributed by atoms with van der Waals surface area (Å²) in [6, 6.07) is 5.02. The Kier molecular flexibility index (Phi) is 7.34. The first-order chi connectivity index (χ1) is 14.9. The number of benzene rings is 1. The van der Waals surface area contributed by atoms with E-state index in [0.717, 1.165) is 25.7 Å². The topological polar surface area (TPSA) is 67.9 Å². The van der Waals surface area contributed by atoms with Crippen molar-refractivity contribution in [1.29, 1.82) is 0 Å². The highest BCUT2D eigenvalue weighted by Gasteiger charge is 2.40. The average Bonchev–Trinajstić information content (AvgIpc) is 3.06. The zero-order valence-electron chi connectivity index (χ0n) is 20.2. The molecule has 1 aromatic carbocycles. The highest BCUT2D eigenvalue weighted by Crippen LogP contribution is 2.42. The lowest BCUT2D eigenvalue weighted by molar-refractivity contribution is -0.119. The summed E-state index contributed by atoms with van der Waals surface area (Å²) in [5.74, 6) is -0.296. The molecular weight excluding hydrogens is 427 g/mol. The summed E-state index contributed by atoms with van der Waals surface area (Å²) in [6.07, 6.45) is 3.00. The van der Waals surface area contributed by atoms with E-state index < -0.39 is 20.5 Å². The Balaban J connectivity index is 1.59. The van der Waals surface area contributed by atoms with Crippen LogP contribution in [-0.4, -0.2) is 45.6 Å². The summed E-state index contributed by atoms with van der Waals surface area (Å²) >= 11 is 0. The maximum atomic E-state index is 15.0. The number of carbonyl (C=O) groups excluding carboxylic acids is 2. The van der Waals surface area contributed by atoms with Gasteiger partial charge in [-0.1, -0.05) is 26.8 Å². The fourth-order valence-electron chi connectivity index (χ4n) is 4.20. The first-order valence-corrected chi connectivity index (χ1v) is 14.5. The fraction of sp³-hybridized carbons (Fsp3) is 0.667. The minimum atomic E-state index is -1.80. The van der Waals surface area contributed by atoms with Crippen LogP contribution in [0.2, 0.25) is 18.1 Å². The summed E-state index contributed by atoms with van der Waals surface area (Å²) in [6.45, 7) is 13.3. The van der Waals surface area contributed by atoms with Crippen molar-refractivity contribution in [2.75, 3.05) is 18.0 Å². The van der Waals surface area contributed by atoms with Gasteiger partial charge in [-0.05, 0) is 67.4 Å².